The van der Waals surface area contributed by atoms with Gasteiger partial charge < -0.3 is 5.11 Å². The van der Waals surface area contributed by atoms with Crippen LogP contribution in [0.15, 0.2) is 18.5 Å². The molecule has 1 aromatic heterocycles. The average molecular weight is 252 g/mol. The molecule has 0 aliphatic heterocycles. The minimum Gasteiger partial charge on any atom is -0.481 e. The van der Waals surface area contributed by atoms with E-state index in [1.54, 1.807) is 25.5 Å². The topological polar surface area (TPSA) is 95.4 Å². The van der Waals surface area contributed by atoms with E-state index in [0.29, 0.717) is 18.8 Å². The second-order valence-corrected chi connectivity index (χ2v) is 3.74. The zero-order chi connectivity index (χ0) is 13.4. The Hall–Kier alpha value is -2.18. The number of carbonyl (C=O) groups excluding carboxylic acids is 1. The van der Waals surface area contributed by atoms with Crippen LogP contribution in [0.1, 0.15) is 25.7 Å². The van der Waals surface area contributed by atoms with E-state index in [2.05, 4.69) is 15.4 Å². The van der Waals surface area contributed by atoms with Gasteiger partial charge in [-0.15, -0.1) is 0 Å². The molecule has 0 spiro atoms. The third kappa shape index (κ3) is 5.24. The number of hydrogen-bond acceptors (Lipinski definition) is 5. The number of aromatic nitrogens is 2. The molecule has 98 valence electrons. The molecule has 0 atom stereocenters. The average Bonchev–Trinajstić information content (AvgIpc) is 2.35. The summed E-state index contributed by atoms with van der Waals surface area (Å²) in [7, 11) is 1.64. The van der Waals surface area contributed by atoms with Gasteiger partial charge in [0.05, 0.1) is 0 Å². The SMILES string of the molecule is CN(NC(=O)CCCCC(=O)O)c1ncccn1. The molecule has 0 radical (unpaired) electrons. The molecule has 1 heterocycles. The van der Waals surface area contributed by atoms with E-state index in [1.807, 2.05) is 0 Å². The van der Waals surface area contributed by atoms with E-state index in [0.717, 1.165) is 0 Å². The summed E-state index contributed by atoms with van der Waals surface area (Å²) in [4.78, 5) is 29.7. The predicted octanol–water partition coefficient (Wildman–Crippen LogP) is 0.589. The number of hydrazine groups is 1. The van der Waals surface area contributed by atoms with Crippen molar-refractivity contribution in [1.29, 1.82) is 0 Å². The highest BCUT2D eigenvalue weighted by Crippen LogP contribution is 2.02. The van der Waals surface area contributed by atoms with Crippen LogP contribution in [0.3, 0.4) is 0 Å². The zero-order valence-corrected chi connectivity index (χ0v) is 10.2. The van der Waals surface area contributed by atoms with Gasteiger partial charge in [0.25, 0.3) is 0 Å². The quantitative estimate of drug-likeness (QED) is 0.544. The van der Waals surface area contributed by atoms with Crippen molar-refractivity contribution in [2.24, 2.45) is 0 Å². The normalized spacial score (nSPS) is 9.83. The Bertz CT molecular complexity index is 397. The van der Waals surface area contributed by atoms with Gasteiger partial charge in [-0.3, -0.25) is 20.0 Å². The van der Waals surface area contributed by atoms with Crippen molar-refractivity contribution < 1.29 is 14.7 Å². The molecule has 7 nitrogen and oxygen atoms in total. The van der Waals surface area contributed by atoms with Crippen LogP contribution in [0.5, 0.6) is 0 Å². The lowest BCUT2D eigenvalue weighted by molar-refractivity contribution is -0.137. The lowest BCUT2D eigenvalue weighted by Gasteiger charge is -2.17. The third-order valence-electron chi connectivity index (χ3n) is 2.19. The Labute approximate surface area is 105 Å². The molecule has 1 rings (SSSR count). The van der Waals surface area contributed by atoms with E-state index in [1.165, 1.54) is 5.01 Å². The van der Waals surface area contributed by atoms with Crippen LogP contribution in [0.4, 0.5) is 5.95 Å². The van der Waals surface area contributed by atoms with E-state index < -0.39 is 5.97 Å². The number of aliphatic carboxylic acids is 1. The van der Waals surface area contributed by atoms with Crippen molar-refractivity contribution in [3.63, 3.8) is 0 Å². The molecular formula is C11H16N4O3. The van der Waals surface area contributed by atoms with Gasteiger partial charge in [-0.1, -0.05) is 0 Å². The van der Waals surface area contributed by atoms with Crippen LogP contribution >= 0.6 is 0 Å². The standard InChI is InChI=1S/C11H16N4O3/c1-15(11-12-7-4-8-13-11)14-9(16)5-2-3-6-10(17)18/h4,7-8H,2-3,5-6H2,1H3,(H,14,16)(H,17,18). The molecule has 0 aromatic carbocycles. The van der Waals surface area contributed by atoms with Crippen LogP contribution in [0, 0.1) is 0 Å². The smallest absolute Gasteiger partial charge is 0.303 e. The lowest BCUT2D eigenvalue weighted by Crippen LogP contribution is -2.40. The molecule has 0 bridgehead atoms. The monoisotopic (exact) mass is 252 g/mol. The van der Waals surface area contributed by atoms with Gasteiger partial charge in [0.1, 0.15) is 0 Å². The minimum absolute atomic E-state index is 0.0882. The van der Waals surface area contributed by atoms with Crippen molar-refractivity contribution in [2.45, 2.75) is 25.7 Å². The van der Waals surface area contributed by atoms with Gasteiger partial charge in [0.2, 0.25) is 11.9 Å². The Morgan fingerprint density at radius 3 is 2.50 bits per heavy atom. The summed E-state index contributed by atoms with van der Waals surface area (Å²) in [6, 6.07) is 1.69. The number of unbranched alkanes of at least 4 members (excludes halogenated alkanes) is 1. The van der Waals surface area contributed by atoms with Gasteiger partial charge in [-0.2, -0.15) is 0 Å². The van der Waals surface area contributed by atoms with Crippen molar-refractivity contribution in [1.82, 2.24) is 15.4 Å². The molecule has 7 heteroatoms. The summed E-state index contributed by atoms with van der Waals surface area (Å²) in [5.41, 5.74) is 2.61. The Balaban J connectivity index is 2.26. The Morgan fingerprint density at radius 1 is 1.28 bits per heavy atom. The van der Waals surface area contributed by atoms with E-state index in [9.17, 15) is 9.59 Å². The maximum atomic E-state index is 11.5. The summed E-state index contributed by atoms with van der Waals surface area (Å²) in [5, 5.41) is 9.88. The maximum absolute atomic E-state index is 11.5. The molecule has 1 aromatic rings. The fourth-order valence-corrected chi connectivity index (χ4v) is 1.32. The van der Waals surface area contributed by atoms with Gasteiger partial charge in [-0.05, 0) is 18.9 Å². The van der Waals surface area contributed by atoms with Crippen LogP contribution in [0.2, 0.25) is 0 Å². The Kier molecular flexibility index (Phi) is 5.56. The number of amides is 1. The highest BCUT2D eigenvalue weighted by Gasteiger charge is 2.07. The summed E-state index contributed by atoms with van der Waals surface area (Å²) in [6.07, 6.45) is 4.57. The summed E-state index contributed by atoms with van der Waals surface area (Å²) >= 11 is 0. The number of carboxylic acid groups (broad SMARTS) is 1. The second-order valence-electron chi connectivity index (χ2n) is 3.74. The number of carbonyl (C=O) groups is 2. The first-order valence-electron chi connectivity index (χ1n) is 5.61. The highest BCUT2D eigenvalue weighted by molar-refractivity contribution is 5.77. The van der Waals surface area contributed by atoms with Crippen molar-refractivity contribution in [3.8, 4) is 0 Å². The summed E-state index contributed by atoms with van der Waals surface area (Å²) in [5.74, 6) is -0.628. The predicted molar refractivity (Wildman–Crippen MR) is 64.7 cm³/mol. The Morgan fingerprint density at radius 2 is 1.89 bits per heavy atom. The first kappa shape index (κ1) is 13.9. The first-order chi connectivity index (χ1) is 8.59. The summed E-state index contributed by atoms with van der Waals surface area (Å²) in [6.45, 7) is 0. The van der Waals surface area contributed by atoms with Crippen LogP contribution in [0.25, 0.3) is 0 Å². The molecule has 0 aliphatic rings. The van der Waals surface area contributed by atoms with Crippen molar-refractivity contribution in [3.05, 3.63) is 18.5 Å². The van der Waals surface area contributed by atoms with Gasteiger partial charge in [0, 0.05) is 32.3 Å². The number of anilines is 1. The van der Waals surface area contributed by atoms with Crippen molar-refractivity contribution in [2.75, 3.05) is 12.1 Å². The van der Waals surface area contributed by atoms with Crippen LogP contribution in [-0.2, 0) is 9.59 Å². The molecule has 0 saturated carbocycles. The molecule has 0 fully saturated rings. The first-order valence-corrected chi connectivity index (χ1v) is 5.61. The lowest BCUT2D eigenvalue weighted by atomic mass is 10.2. The third-order valence-corrected chi connectivity index (χ3v) is 2.19. The number of nitrogens with zero attached hydrogens (tertiary/aromatic N) is 3. The second kappa shape index (κ2) is 7.21. The molecule has 2 N–H and O–H groups in total. The molecule has 0 saturated heterocycles. The van der Waals surface area contributed by atoms with Gasteiger partial charge >= 0.3 is 5.97 Å². The van der Waals surface area contributed by atoms with Crippen LogP contribution in [-0.4, -0.2) is 34.0 Å². The molecule has 0 unspecified atom stereocenters. The van der Waals surface area contributed by atoms with E-state index in [-0.39, 0.29) is 18.7 Å². The van der Waals surface area contributed by atoms with E-state index in [4.69, 9.17) is 5.11 Å². The molecular weight excluding hydrogens is 236 g/mol. The fourth-order valence-electron chi connectivity index (χ4n) is 1.32. The largest absolute Gasteiger partial charge is 0.481 e. The number of nitrogens with one attached hydrogen (secondary N) is 1. The molecule has 1 amide bonds. The number of hydrogen-bond donors (Lipinski definition) is 2. The van der Waals surface area contributed by atoms with Crippen molar-refractivity contribution >= 4 is 17.8 Å². The number of rotatable bonds is 7. The number of carboxylic acids is 1. The fraction of sp³-hybridized carbons (Fsp3) is 0.455. The molecule has 0 aliphatic carbocycles. The minimum atomic E-state index is -0.842. The maximum Gasteiger partial charge on any atom is 0.303 e. The van der Waals surface area contributed by atoms with E-state index >= 15 is 0 Å². The van der Waals surface area contributed by atoms with Crippen LogP contribution < -0.4 is 10.4 Å². The van der Waals surface area contributed by atoms with Gasteiger partial charge in [0.15, 0.2) is 0 Å². The highest BCUT2D eigenvalue weighted by atomic mass is 16.4. The zero-order valence-electron chi connectivity index (χ0n) is 10.2. The summed E-state index contributed by atoms with van der Waals surface area (Å²) < 4.78 is 0. The van der Waals surface area contributed by atoms with Gasteiger partial charge in [-0.25, -0.2) is 9.97 Å². The molecule has 18 heavy (non-hydrogen) atoms.